The number of hydrogen-bond donors (Lipinski definition) is 1. The molecule has 1 heterocycles. The number of amides is 1. The number of benzene rings is 2. The van der Waals surface area contributed by atoms with Crippen LogP contribution in [0.25, 0.3) is 0 Å². The van der Waals surface area contributed by atoms with Crippen molar-refractivity contribution in [2.75, 3.05) is 19.7 Å². The van der Waals surface area contributed by atoms with E-state index in [1.807, 2.05) is 32.0 Å². The molecule has 1 aliphatic heterocycles. The molecule has 0 radical (unpaired) electrons. The zero-order valence-electron chi connectivity index (χ0n) is 16.5. The van der Waals surface area contributed by atoms with E-state index < -0.39 is 0 Å². The fraction of sp³-hybridized carbons (Fsp3) is 0.435. The Morgan fingerprint density at radius 1 is 1.04 bits per heavy atom. The van der Waals surface area contributed by atoms with Gasteiger partial charge in [-0.3, -0.25) is 9.69 Å². The quantitative estimate of drug-likeness (QED) is 0.794. The third-order valence-corrected chi connectivity index (χ3v) is 5.07. The summed E-state index contributed by atoms with van der Waals surface area (Å²) in [5.41, 5.74) is 4.10. The molecule has 2 aromatic carbocycles. The monoisotopic (exact) mass is 366 g/mol. The lowest BCUT2D eigenvalue weighted by atomic mass is 10.1. The van der Waals surface area contributed by atoms with E-state index in [2.05, 4.69) is 34.5 Å². The highest BCUT2D eigenvalue weighted by molar-refractivity contribution is 5.94. The van der Waals surface area contributed by atoms with Gasteiger partial charge in [-0.1, -0.05) is 30.7 Å². The fourth-order valence-electron chi connectivity index (χ4n) is 3.53. The van der Waals surface area contributed by atoms with Crippen molar-refractivity contribution in [3.05, 3.63) is 64.7 Å². The van der Waals surface area contributed by atoms with Gasteiger partial charge in [0.2, 0.25) is 0 Å². The number of piperidine rings is 1. The number of ether oxygens (including phenoxy) is 1. The lowest BCUT2D eigenvalue weighted by Crippen LogP contribution is -2.29. The predicted molar refractivity (Wildman–Crippen MR) is 109 cm³/mol. The first-order valence-electron chi connectivity index (χ1n) is 9.97. The van der Waals surface area contributed by atoms with Gasteiger partial charge in [0.25, 0.3) is 5.91 Å². The predicted octanol–water partition coefficient (Wildman–Crippen LogP) is 4.31. The highest BCUT2D eigenvalue weighted by Crippen LogP contribution is 2.19. The van der Waals surface area contributed by atoms with Crippen LogP contribution in [0.5, 0.6) is 5.75 Å². The molecule has 1 aliphatic rings. The van der Waals surface area contributed by atoms with Gasteiger partial charge in [0.05, 0.1) is 6.61 Å². The van der Waals surface area contributed by atoms with Crippen LogP contribution in [-0.2, 0) is 13.1 Å². The zero-order chi connectivity index (χ0) is 19.1. The standard InChI is InChI=1S/C23H30N2O2/c1-3-27-22-12-11-21(15-18(22)2)23(26)24-16-19-7-9-20(10-8-19)17-25-13-5-4-6-14-25/h7-12,15H,3-6,13-14,16-17H2,1-2H3,(H,24,26). The maximum atomic E-state index is 12.4. The Balaban J connectivity index is 1.51. The lowest BCUT2D eigenvalue weighted by molar-refractivity contribution is 0.0951. The SMILES string of the molecule is CCOc1ccc(C(=O)NCc2ccc(CN3CCCCC3)cc2)cc1C. The van der Waals surface area contributed by atoms with Crippen LogP contribution in [0.15, 0.2) is 42.5 Å². The van der Waals surface area contributed by atoms with Gasteiger partial charge in [0.15, 0.2) is 0 Å². The first kappa shape index (κ1) is 19.4. The molecule has 0 saturated carbocycles. The van der Waals surface area contributed by atoms with Crippen LogP contribution >= 0.6 is 0 Å². The molecule has 0 aromatic heterocycles. The third-order valence-electron chi connectivity index (χ3n) is 5.07. The highest BCUT2D eigenvalue weighted by Gasteiger charge is 2.11. The Kier molecular flexibility index (Phi) is 6.88. The van der Waals surface area contributed by atoms with Gasteiger partial charge in [0.1, 0.15) is 5.75 Å². The topological polar surface area (TPSA) is 41.6 Å². The minimum Gasteiger partial charge on any atom is -0.494 e. The summed E-state index contributed by atoms with van der Waals surface area (Å²) in [5, 5.41) is 3.00. The van der Waals surface area contributed by atoms with Crippen molar-refractivity contribution in [1.82, 2.24) is 10.2 Å². The van der Waals surface area contributed by atoms with E-state index in [9.17, 15) is 4.79 Å². The Morgan fingerprint density at radius 2 is 1.74 bits per heavy atom. The molecule has 2 aromatic rings. The molecule has 4 heteroatoms. The average Bonchev–Trinajstić information content (AvgIpc) is 2.70. The summed E-state index contributed by atoms with van der Waals surface area (Å²) in [6, 6.07) is 14.1. The maximum Gasteiger partial charge on any atom is 0.251 e. The summed E-state index contributed by atoms with van der Waals surface area (Å²) in [5.74, 6) is 0.775. The van der Waals surface area contributed by atoms with Crippen LogP contribution in [-0.4, -0.2) is 30.5 Å². The summed E-state index contributed by atoms with van der Waals surface area (Å²) in [6.45, 7) is 8.52. The Labute approximate surface area is 162 Å². The van der Waals surface area contributed by atoms with Crippen LogP contribution in [0.1, 0.15) is 53.2 Å². The van der Waals surface area contributed by atoms with E-state index in [0.717, 1.165) is 23.4 Å². The number of rotatable bonds is 7. The number of aryl methyl sites for hydroxylation is 1. The van der Waals surface area contributed by atoms with E-state index >= 15 is 0 Å². The normalized spacial score (nSPS) is 14.7. The molecular weight excluding hydrogens is 336 g/mol. The summed E-state index contributed by atoms with van der Waals surface area (Å²) >= 11 is 0. The second-order valence-corrected chi connectivity index (χ2v) is 7.25. The molecule has 4 nitrogen and oxygen atoms in total. The van der Waals surface area contributed by atoms with Crippen molar-refractivity contribution in [2.45, 2.75) is 46.2 Å². The minimum atomic E-state index is -0.0569. The smallest absolute Gasteiger partial charge is 0.251 e. The van der Waals surface area contributed by atoms with Crippen molar-refractivity contribution < 1.29 is 9.53 Å². The Hall–Kier alpha value is -2.33. The summed E-state index contributed by atoms with van der Waals surface area (Å²) in [7, 11) is 0. The molecule has 1 saturated heterocycles. The van der Waals surface area contributed by atoms with Crippen LogP contribution in [0.2, 0.25) is 0 Å². The number of hydrogen-bond acceptors (Lipinski definition) is 3. The molecule has 1 N–H and O–H groups in total. The van der Waals surface area contributed by atoms with E-state index in [0.29, 0.717) is 18.7 Å². The minimum absolute atomic E-state index is 0.0569. The van der Waals surface area contributed by atoms with Gasteiger partial charge in [0, 0.05) is 18.7 Å². The zero-order valence-corrected chi connectivity index (χ0v) is 16.5. The average molecular weight is 367 g/mol. The van der Waals surface area contributed by atoms with Crippen molar-refractivity contribution in [2.24, 2.45) is 0 Å². The number of carbonyl (C=O) groups is 1. The van der Waals surface area contributed by atoms with Crippen molar-refractivity contribution >= 4 is 5.91 Å². The van der Waals surface area contributed by atoms with Crippen LogP contribution in [0, 0.1) is 6.92 Å². The summed E-state index contributed by atoms with van der Waals surface area (Å²) in [4.78, 5) is 14.9. The van der Waals surface area contributed by atoms with Crippen molar-refractivity contribution in [3.8, 4) is 5.75 Å². The molecule has 1 fully saturated rings. The molecule has 0 bridgehead atoms. The van der Waals surface area contributed by atoms with Gasteiger partial charge in [-0.2, -0.15) is 0 Å². The van der Waals surface area contributed by atoms with Gasteiger partial charge in [-0.25, -0.2) is 0 Å². The van der Waals surface area contributed by atoms with Gasteiger partial charge in [-0.15, -0.1) is 0 Å². The summed E-state index contributed by atoms with van der Waals surface area (Å²) < 4.78 is 5.53. The van der Waals surface area contributed by atoms with Crippen molar-refractivity contribution in [1.29, 1.82) is 0 Å². The molecular formula is C23H30N2O2. The van der Waals surface area contributed by atoms with E-state index in [1.165, 1.54) is 37.9 Å². The van der Waals surface area contributed by atoms with Crippen LogP contribution in [0.4, 0.5) is 0 Å². The molecule has 0 atom stereocenters. The Bertz CT molecular complexity index is 749. The van der Waals surface area contributed by atoms with Gasteiger partial charge in [-0.05, 0) is 74.7 Å². The number of nitrogens with zero attached hydrogens (tertiary/aromatic N) is 1. The van der Waals surface area contributed by atoms with E-state index in [1.54, 1.807) is 0 Å². The molecule has 3 rings (SSSR count). The number of carbonyl (C=O) groups excluding carboxylic acids is 1. The second-order valence-electron chi connectivity index (χ2n) is 7.25. The van der Waals surface area contributed by atoms with Crippen molar-refractivity contribution in [3.63, 3.8) is 0 Å². The highest BCUT2D eigenvalue weighted by atomic mass is 16.5. The first-order chi connectivity index (χ1) is 13.2. The molecule has 144 valence electrons. The molecule has 0 aliphatic carbocycles. The maximum absolute atomic E-state index is 12.4. The van der Waals surface area contributed by atoms with Gasteiger partial charge >= 0.3 is 0 Å². The number of nitrogens with one attached hydrogen (secondary N) is 1. The molecule has 0 unspecified atom stereocenters. The van der Waals surface area contributed by atoms with Crippen LogP contribution < -0.4 is 10.1 Å². The second kappa shape index (κ2) is 9.56. The molecule has 27 heavy (non-hydrogen) atoms. The molecule has 0 spiro atoms. The van der Waals surface area contributed by atoms with E-state index in [4.69, 9.17) is 4.74 Å². The fourth-order valence-corrected chi connectivity index (χ4v) is 3.53. The third kappa shape index (κ3) is 5.57. The number of likely N-dealkylation sites (tertiary alicyclic amines) is 1. The summed E-state index contributed by atoms with van der Waals surface area (Å²) in [6.07, 6.45) is 3.99. The largest absolute Gasteiger partial charge is 0.494 e. The van der Waals surface area contributed by atoms with Gasteiger partial charge < -0.3 is 10.1 Å². The van der Waals surface area contributed by atoms with Crippen LogP contribution in [0.3, 0.4) is 0 Å². The van der Waals surface area contributed by atoms with E-state index in [-0.39, 0.29) is 5.91 Å². The molecule has 1 amide bonds. The first-order valence-corrected chi connectivity index (χ1v) is 9.97. The Morgan fingerprint density at radius 3 is 2.41 bits per heavy atom. The lowest BCUT2D eigenvalue weighted by Gasteiger charge is -2.26.